The third-order valence-corrected chi connectivity index (χ3v) is 13.7. The van der Waals surface area contributed by atoms with Gasteiger partial charge in [0.05, 0.1) is 9.37 Å². The molecule has 41 heavy (non-hydrogen) atoms. The molecule has 0 spiro atoms. The zero-order chi connectivity index (χ0) is 30.2. The lowest BCUT2D eigenvalue weighted by molar-refractivity contribution is 0.382. The molecule has 0 bridgehead atoms. The maximum atomic E-state index is 13.7. The number of benzene rings is 1. The highest BCUT2D eigenvalue weighted by Gasteiger charge is 2.27. The summed E-state index contributed by atoms with van der Waals surface area (Å²) in [4.78, 5) is 0.352. The highest BCUT2D eigenvalue weighted by atomic mass is 79.9. The Morgan fingerprint density at radius 2 is 0.805 bits per heavy atom. The normalized spacial score (nSPS) is 12.0. The number of hydrogen-bond acceptors (Lipinski definition) is 2. The average Bonchev–Trinajstić information content (AvgIpc) is 2.95. The highest BCUT2D eigenvalue weighted by Crippen LogP contribution is 2.37. The fourth-order valence-electron chi connectivity index (χ4n) is 5.46. The van der Waals surface area contributed by atoms with E-state index < -0.39 is 10.0 Å². The van der Waals surface area contributed by atoms with Gasteiger partial charge in [0.2, 0.25) is 10.0 Å². The van der Waals surface area contributed by atoms with E-state index in [1.165, 1.54) is 128 Å². The first-order valence-electron chi connectivity index (χ1n) is 17.0. The minimum Gasteiger partial charge on any atom is -0.207 e. The van der Waals surface area contributed by atoms with Crippen molar-refractivity contribution in [3.63, 3.8) is 0 Å². The predicted octanol–water partition coefficient (Wildman–Crippen LogP) is 13.4. The van der Waals surface area contributed by atoms with Gasteiger partial charge in [-0.05, 0) is 72.8 Å². The van der Waals surface area contributed by atoms with Gasteiger partial charge in [-0.1, -0.05) is 155 Å². The monoisotopic (exact) mass is 783 g/mol. The number of nitrogens with zero attached hydrogens (tertiary/aromatic N) is 1. The third-order valence-electron chi connectivity index (χ3n) is 8.14. The largest absolute Gasteiger partial charge is 0.244 e. The van der Waals surface area contributed by atoms with Gasteiger partial charge < -0.3 is 0 Å². The number of sulfonamides is 1. The Hall–Kier alpha value is 0.570. The van der Waals surface area contributed by atoms with Crippen LogP contribution < -0.4 is 0 Å². The zero-order valence-electron chi connectivity index (χ0n) is 26.3. The first-order valence-corrected chi connectivity index (χ1v) is 20.8. The van der Waals surface area contributed by atoms with E-state index in [1.54, 1.807) is 10.4 Å². The molecule has 0 amide bonds. The van der Waals surface area contributed by atoms with Crippen molar-refractivity contribution in [3.8, 4) is 0 Å². The molecule has 1 aromatic carbocycles. The van der Waals surface area contributed by atoms with Crippen molar-refractivity contribution >= 4 is 57.8 Å². The molecule has 0 radical (unpaired) electrons. The summed E-state index contributed by atoms with van der Waals surface area (Å²) < 4.78 is 31.4. The molecule has 0 aliphatic carbocycles. The maximum Gasteiger partial charge on any atom is 0.244 e. The Morgan fingerprint density at radius 1 is 0.488 bits per heavy atom. The molecule has 7 heteroatoms. The van der Waals surface area contributed by atoms with Crippen molar-refractivity contribution < 1.29 is 8.42 Å². The standard InChI is InChI=1S/C34H60Br3NO2S/c1-3-5-7-9-11-13-15-17-19-21-23-25-29-38(41(39,40)32-28-27-31(35)33(36)34(32)37)30-26-24-22-20-18-16-14-12-10-8-6-4-2/h27-28H,3-26,29-30H2,1-2H3. The van der Waals surface area contributed by atoms with Crippen molar-refractivity contribution in [1.82, 2.24) is 4.31 Å². The van der Waals surface area contributed by atoms with Crippen LogP contribution in [0.4, 0.5) is 0 Å². The van der Waals surface area contributed by atoms with Gasteiger partial charge in [0, 0.05) is 22.0 Å². The van der Waals surface area contributed by atoms with Gasteiger partial charge in [0.1, 0.15) is 0 Å². The number of rotatable bonds is 28. The molecule has 3 nitrogen and oxygen atoms in total. The Labute approximate surface area is 280 Å². The molecule has 0 aliphatic heterocycles. The Kier molecular flexibility index (Phi) is 25.0. The van der Waals surface area contributed by atoms with Gasteiger partial charge in [0.25, 0.3) is 0 Å². The summed E-state index contributed by atoms with van der Waals surface area (Å²) in [5.41, 5.74) is 0. The number of unbranched alkanes of at least 4 members (excludes halogenated alkanes) is 22. The van der Waals surface area contributed by atoms with Crippen molar-refractivity contribution in [2.45, 2.75) is 173 Å². The molecule has 0 unspecified atom stereocenters. The molecule has 0 fully saturated rings. The molecule has 240 valence electrons. The van der Waals surface area contributed by atoms with Crippen molar-refractivity contribution in [2.75, 3.05) is 13.1 Å². The first-order chi connectivity index (χ1) is 19.9. The lowest BCUT2D eigenvalue weighted by atomic mass is 10.1. The lowest BCUT2D eigenvalue weighted by Crippen LogP contribution is -2.33. The van der Waals surface area contributed by atoms with E-state index in [1.807, 2.05) is 6.07 Å². The van der Waals surface area contributed by atoms with E-state index >= 15 is 0 Å². The molecule has 0 N–H and O–H groups in total. The molecule has 0 aliphatic rings. The molecular weight excluding hydrogens is 726 g/mol. The fourth-order valence-corrected chi connectivity index (χ4v) is 9.08. The number of hydrogen-bond donors (Lipinski definition) is 0. The minimum absolute atomic E-state index is 0.352. The molecule has 0 atom stereocenters. The maximum absolute atomic E-state index is 13.7. The zero-order valence-corrected chi connectivity index (χ0v) is 31.9. The summed E-state index contributed by atoms with van der Waals surface area (Å²) in [6.07, 6.45) is 30.8. The Balaban J connectivity index is 2.44. The van der Waals surface area contributed by atoms with Crippen LogP contribution in [0.25, 0.3) is 0 Å². The molecule has 0 heterocycles. The summed E-state index contributed by atoms with van der Waals surface area (Å²) in [7, 11) is -3.56. The van der Waals surface area contributed by atoms with Crippen LogP contribution in [0.5, 0.6) is 0 Å². The lowest BCUT2D eigenvalue weighted by Gasteiger charge is -2.23. The SMILES string of the molecule is CCCCCCCCCCCCCCN(CCCCCCCCCCCCCC)S(=O)(=O)c1ccc(Br)c(Br)c1Br. The van der Waals surface area contributed by atoms with Gasteiger partial charge in [-0.3, -0.25) is 0 Å². The van der Waals surface area contributed by atoms with Crippen molar-refractivity contribution in [2.24, 2.45) is 0 Å². The van der Waals surface area contributed by atoms with Crippen LogP contribution in [0.1, 0.15) is 168 Å². The summed E-state index contributed by atoms with van der Waals surface area (Å²) in [5, 5.41) is 0. The molecule has 0 aromatic heterocycles. The topological polar surface area (TPSA) is 37.4 Å². The van der Waals surface area contributed by atoms with Crippen molar-refractivity contribution in [3.05, 3.63) is 25.6 Å². The molecule has 1 aromatic rings. The molecular formula is C34H60Br3NO2S. The number of halogens is 3. The second kappa shape index (κ2) is 25.9. The van der Waals surface area contributed by atoms with Crippen LogP contribution in [0.3, 0.4) is 0 Å². The summed E-state index contributed by atoms with van der Waals surface area (Å²) in [5.74, 6) is 0. The van der Waals surface area contributed by atoms with Gasteiger partial charge in [-0.25, -0.2) is 8.42 Å². The van der Waals surface area contributed by atoms with E-state index in [0.717, 1.165) is 34.6 Å². The molecule has 1 rings (SSSR count). The second-order valence-corrected chi connectivity index (χ2v) is 16.2. The third kappa shape index (κ3) is 18.2. The highest BCUT2D eigenvalue weighted by molar-refractivity contribution is 9.14. The smallest absolute Gasteiger partial charge is 0.207 e. The Morgan fingerprint density at radius 3 is 1.15 bits per heavy atom. The van der Waals surface area contributed by atoms with Gasteiger partial charge in [0.15, 0.2) is 0 Å². The van der Waals surface area contributed by atoms with Crippen LogP contribution >= 0.6 is 47.8 Å². The van der Waals surface area contributed by atoms with Crippen LogP contribution in [-0.4, -0.2) is 25.8 Å². The van der Waals surface area contributed by atoms with Crippen LogP contribution in [0.15, 0.2) is 30.4 Å². The van der Waals surface area contributed by atoms with E-state index in [0.29, 0.717) is 22.5 Å². The van der Waals surface area contributed by atoms with Crippen LogP contribution in [-0.2, 0) is 10.0 Å². The molecule has 0 saturated heterocycles. The second-order valence-electron chi connectivity index (χ2n) is 11.9. The van der Waals surface area contributed by atoms with Crippen LogP contribution in [0.2, 0.25) is 0 Å². The summed E-state index contributed by atoms with van der Waals surface area (Å²) >= 11 is 10.5. The first kappa shape index (κ1) is 39.6. The fraction of sp³-hybridized carbons (Fsp3) is 0.824. The van der Waals surface area contributed by atoms with Gasteiger partial charge in [-0.2, -0.15) is 4.31 Å². The average molecular weight is 787 g/mol. The summed E-state index contributed by atoms with van der Waals surface area (Å²) in [6.45, 7) is 5.76. The van der Waals surface area contributed by atoms with E-state index in [4.69, 9.17) is 0 Å². The van der Waals surface area contributed by atoms with E-state index in [2.05, 4.69) is 61.6 Å². The van der Waals surface area contributed by atoms with Crippen molar-refractivity contribution in [1.29, 1.82) is 0 Å². The van der Waals surface area contributed by atoms with E-state index in [9.17, 15) is 8.42 Å². The van der Waals surface area contributed by atoms with Crippen LogP contribution in [0, 0.1) is 0 Å². The van der Waals surface area contributed by atoms with E-state index in [-0.39, 0.29) is 0 Å². The van der Waals surface area contributed by atoms with Gasteiger partial charge >= 0.3 is 0 Å². The predicted molar refractivity (Wildman–Crippen MR) is 190 cm³/mol. The Bertz CT molecular complexity index is 851. The quantitative estimate of drug-likeness (QED) is 0.0627. The minimum atomic E-state index is -3.56. The van der Waals surface area contributed by atoms with Gasteiger partial charge in [-0.15, -0.1) is 0 Å². The molecule has 0 saturated carbocycles. The summed E-state index contributed by atoms with van der Waals surface area (Å²) in [6, 6.07) is 3.53.